The van der Waals surface area contributed by atoms with Crippen LogP contribution in [0.5, 0.6) is 0 Å². The zero-order valence-corrected chi connectivity index (χ0v) is 12.2. The van der Waals surface area contributed by atoms with Gasteiger partial charge in [0.25, 0.3) is 0 Å². The van der Waals surface area contributed by atoms with Gasteiger partial charge in [-0.25, -0.2) is 0 Å². The summed E-state index contributed by atoms with van der Waals surface area (Å²) in [7, 11) is 0. The number of alkyl halides is 3. The highest BCUT2D eigenvalue weighted by atomic mass is 19.4. The number of halogens is 3. The summed E-state index contributed by atoms with van der Waals surface area (Å²) in [6.07, 6.45) is -2.82. The van der Waals surface area contributed by atoms with E-state index in [2.05, 4.69) is 19.2 Å². The van der Waals surface area contributed by atoms with E-state index in [1.165, 1.54) is 0 Å². The van der Waals surface area contributed by atoms with Crippen LogP contribution in [0.4, 0.5) is 13.2 Å². The van der Waals surface area contributed by atoms with Crippen LogP contribution in [0, 0.1) is 11.3 Å². The maximum absolute atomic E-state index is 12.0. The van der Waals surface area contributed by atoms with Crippen LogP contribution in [-0.2, 0) is 4.74 Å². The maximum Gasteiger partial charge on any atom is 0.389 e. The molecule has 1 heterocycles. The molecule has 20 heavy (non-hydrogen) atoms. The predicted molar refractivity (Wildman–Crippen MR) is 71.3 cm³/mol. The lowest BCUT2D eigenvalue weighted by molar-refractivity contribution is -0.153. The number of unbranched alkanes of at least 4 members (excludes halogenated alkanes) is 1. The fourth-order valence-electron chi connectivity index (χ4n) is 3.70. The van der Waals surface area contributed by atoms with E-state index in [0.29, 0.717) is 25.4 Å². The van der Waals surface area contributed by atoms with Gasteiger partial charge >= 0.3 is 6.18 Å². The molecule has 1 aliphatic heterocycles. The molecule has 2 aliphatic rings. The highest BCUT2D eigenvalue weighted by molar-refractivity contribution is 5.21. The van der Waals surface area contributed by atoms with Crippen molar-refractivity contribution in [2.45, 2.75) is 57.3 Å². The zero-order chi connectivity index (χ0) is 15.0. The van der Waals surface area contributed by atoms with Gasteiger partial charge in [-0.2, -0.15) is 13.2 Å². The van der Waals surface area contributed by atoms with E-state index in [4.69, 9.17) is 10.5 Å². The first-order valence-corrected chi connectivity index (χ1v) is 7.36. The fraction of sp³-hybridized carbons (Fsp3) is 1.00. The summed E-state index contributed by atoms with van der Waals surface area (Å²) in [6, 6.07) is 0. The third-order valence-corrected chi connectivity index (χ3v) is 5.15. The lowest BCUT2D eigenvalue weighted by Gasteiger charge is -2.62. The Morgan fingerprint density at radius 2 is 2.00 bits per heavy atom. The van der Waals surface area contributed by atoms with E-state index >= 15 is 0 Å². The van der Waals surface area contributed by atoms with Crippen LogP contribution >= 0.6 is 0 Å². The molecule has 0 radical (unpaired) electrons. The summed E-state index contributed by atoms with van der Waals surface area (Å²) in [5, 5.41) is 3.23. The first kappa shape index (κ1) is 16.0. The summed E-state index contributed by atoms with van der Waals surface area (Å²) in [5.74, 6) is 0.375. The van der Waals surface area contributed by atoms with Crippen molar-refractivity contribution in [3.05, 3.63) is 0 Å². The molecular formula is C14H25F3N2O. The largest absolute Gasteiger partial charge is 0.389 e. The number of fused-ring (bicyclic) bond motifs is 1. The third-order valence-electron chi connectivity index (χ3n) is 5.15. The number of nitrogens with one attached hydrogen (secondary N) is 1. The Kier molecular flexibility index (Phi) is 4.38. The monoisotopic (exact) mass is 294 g/mol. The second-order valence-corrected chi connectivity index (χ2v) is 6.70. The molecule has 0 aromatic heterocycles. The summed E-state index contributed by atoms with van der Waals surface area (Å²) >= 11 is 0. The second kappa shape index (κ2) is 5.46. The Hall–Kier alpha value is -0.330. The van der Waals surface area contributed by atoms with Crippen LogP contribution in [0.3, 0.4) is 0 Å². The summed E-state index contributed by atoms with van der Waals surface area (Å²) < 4.78 is 41.7. The van der Waals surface area contributed by atoms with Gasteiger partial charge in [-0.05, 0) is 25.8 Å². The standard InChI is InChI=1S/C14H25F3N2O/c1-12(2)11-10(5-8-20-11)13(12,18)9-19-7-4-3-6-14(15,16)17/h10-11,19H,3-9,18H2,1-2H3. The van der Waals surface area contributed by atoms with Gasteiger partial charge in [-0.1, -0.05) is 13.8 Å². The van der Waals surface area contributed by atoms with E-state index in [0.717, 1.165) is 13.0 Å². The molecule has 3 nitrogen and oxygen atoms in total. The Labute approximate surface area is 118 Å². The van der Waals surface area contributed by atoms with E-state index in [1.807, 2.05) is 0 Å². The Morgan fingerprint density at radius 3 is 2.65 bits per heavy atom. The van der Waals surface area contributed by atoms with Crippen molar-refractivity contribution in [3.8, 4) is 0 Å². The minimum Gasteiger partial charge on any atom is -0.377 e. The van der Waals surface area contributed by atoms with Crippen molar-refractivity contribution in [2.75, 3.05) is 19.7 Å². The van der Waals surface area contributed by atoms with Crippen molar-refractivity contribution >= 4 is 0 Å². The molecule has 0 aromatic carbocycles. The molecule has 0 amide bonds. The summed E-state index contributed by atoms with van der Waals surface area (Å²) in [4.78, 5) is 0. The first-order valence-electron chi connectivity index (χ1n) is 7.36. The Balaban J connectivity index is 1.69. The summed E-state index contributed by atoms with van der Waals surface area (Å²) in [5.41, 5.74) is 6.14. The average molecular weight is 294 g/mol. The number of rotatable bonds is 6. The molecule has 3 N–H and O–H groups in total. The second-order valence-electron chi connectivity index (χ2n) is 6.70. The average Bonchev–Trinajstić information content (AvgIpc) is 2.80. The smallest absolute Gasteiger partial charge is 0.377 e. The van der Waals surface area contributed by atoms with Crippen LogP contribution in [0.1, 0.15) is 39.5 Å². The lowest BCUT2D eigenvalue weighted by atomic mass is 9.48. The third kappa shape index (κ3) is 2.83. The zero-order valence-electron chi connectivity index (χ0n) is 12.2. The topological polar surface area (TPSA) is 47.3 Å². The van der Waals surface area contributed by atoms with Crippen molar-refractivity contribution in [1.82, 2.24) is 5.32 Å². The molecule has 1 saturated carbocycles. The molecule has 3 atom stereocenters. The number of ether oxygens (including phenoxy) is 1. The fourth-order valence-corrected chi connectivity index (χ4v) is 3.70. The van der Waals surface area contributed by atoms with Gasteiger partial charge < -0.3 is 15.8 Å². The normalized spacial score (nSPS) is 35.7. The van der Waals surface area contributed by atoms with Crippen LogP contribution < -0.4 is 11.1 Å². The van der Waals surface area contributed by atoms with Crippen LogP contribution in [0.15, 0.2) is 0 Å². The van der Waals surface area contributed by atoms with Crippen molar-refractivity contribution in [1.29, 1.82) is 0 Å². The van der Waals surface area contributed by atoms with Crippen molar-refractivity contribution in [2.24, 2.45) is 17.1 Å². The molecule has 0 aromatic rings. The van der Waals surface area contributed by atoms with Crippen LogP contribution in [-0.4, -0.2) is 37.5 Å². The molecule has 118 valence electrons. The minimum atomic E-state index is -4.04. The van der Waals surface area contributed by atoms with Crippen LogP contribution in [0.25, 0.3) is 0 Å². The SMILES string of the molecule is CC1(C)C2OCCC2C1(N)CNCCCCC(F)(F)F. The van der Waals surface area contributed by atoms with Gasteiger partial charge in [0.2, 0.25) is 0 Å². The van der Waals surface area contributed by atoms with Crippen molar-refractivity contribution in [3.63, 3.8) is 0 Å². The van der Waals surface area contributed by atoms with Gasteiger partial charge in [0.1, 0.15) is 0 Å². The molecule has 1 saturated heterocycles. The van der Waals surface area contributed by atoms with E-state index in [1.54, 1.807) is 0 Å². The van der Waals surface area contributed by atoms with Crippen molar-refractivity contribution < 1.29 is 17.9 Å². The Bertz CT molecular complexity index is 346. The molecule has 2 rings (SSSR count). The van der Waals surface area contributed by atoms with E-state index in [-0.39, 0.29) is 23.5 Å². The van der Waals surface area contributed by atoms with E-state index in [9.17, 15) is 13.2 Å². The van der Waals surface area contributed by atoms with Gasteiger partial charge in [-0.15, -0.1) is 0 Å². The van der Waals surface area contributed by atoms with Gasteiger partial charge in [0, 0.05) is 36.4 Å². The highest BCUT2D eigenvalue weighted by Crippen LogP contribution is 2.57. The molecule has 6 heteroatoms. The van der Waals surface area contributed by atoms with Crippen LogP contribution in [0.2, 0.25) is 0 Å². The lowest BCUT2D eigenvalue weighted by Crippen LogP contribution is -2.78. The number of hydrogen-bond acceptors (Lipinski definition) is 3. The highest BCUT2D eigenvalue weighted by Gasteiger charge is 2.67. The van der Waals surface area contributed by atoms with E-state index < -0.39 is 12.6 Å². The maximum atomic E-state index is 12.0. The molecule has 0 bridgehead atoms. The number of hydrogen-bond donors (Lipinski definition) is 2. The molecule has 2 fully saturated rings. The van der Waals surface area contributed by atoms with Gasteiger partial charge in [0.05, 0.1) is 6.10 Å². The molecule has 0 spiro atoms. The molecule has 3 unspecified atom stereocenters. The molecule has 1 aliphatic carbocycles. The minimum absolute atomic E-state index is 0.0763. The van der Waals surface area contributed by atoms with Gasteiger partial charge in [0.15, 0.2) is 0 Å². The molecular weight excluding hydrogens is 269 g/mol. The predicted octanol–water partition coefficient (Wildman–Crippen LogP) is 2.45. The summed E-state index contributed by atoms with van der Waals surface area (Å²) in [6.45, 7) is 6.23. The first-order chi connectivity index (χ1) is 9.18. The number of nitrogens with two attached hydrogens (primary N) is 1. The quantitative estimate of drug-likeness (QED) is 0.740. The van der Waals surface area contributed by atoms with Gasteiger partial charge in [-0.3, -0.25) is 0 Å². The Morgan fingerprint density at radius 1 is 1.30 bits per heavy atom.